The molecule has 0 atom stereocenters. The van der Waals surface area contributed by atoms with E-state index in [9.17, 15) is 0 Å². The third-order valence-corrected chi connectivity index (χ3v) is 3.40. The average molecular weight is 221 g/mol. The highest BCUT2D eigenvalue weighted by Gasteiger charge is 2.08. The predicted octanol–water partition coefficient (Wildman–Crippen LogP) is 3.07. The maximum atomic E-state index is 8.96. The second-order valence-electron chi connectivity index (χ2n) is 2.75. The van der Waals surface area contributed by atoms with Crippen LogP contribution in [0.2, 0.25) is 0 Å². The minimum Gasteiger partial charge on any atom is -0.487 e. The Morgan fingerprint density at radius 1 is 1.50 bits per heavy atom. The number of thiophene rings is 1. The Labute approximate surface area is 91.1 Å². The standard InChI is InChI=1S/C10H7NOS2/c1-12-10-4-6-7(5-11)8(13)2-3-9(6)14-10/h2-4,13H,1H3. The highest BCUT2D eigenvalue weighted by atomic mass is 32.1. The largest absolute Gasteiger partial charge is 0.487 e. The summed E-state index contributed by atoms with van der Waals surface area (Å²) < 4.78 is 6.17. The molecule has 0 saturated heterocycles. The van der Waals surface area contributed by atoms with Crippen LogP contribution in [0, 0.1) is 11.3 Å². The first-order valence-electron chi connectivity index (χ1n) is 3.96. The third kappa shape index (κ3) is 1.35. The van der Waals surface area contributed by atoms with Crippen molar-refractivity contribution in [2.45, 2.75) is 4.90 Å². The first-order valence-corrected chi connectivity index (χ1v) is 5.22. The Kier molecular flexibility index (Phi) is 2.36. The van der Waals surface area contributed by atoms with Gasteiger partial charge in [-0.2, -0.15) is 5.26 Å². The predicted molar refractivity (Wildman–Crippen MR) is 60.3 cm³/mol. The van der Waals surface area contributed by atoms with Gasteiger partial charge >= 0.3 is 0 Å². The van der Waals surface area contributed by atoms with E-state index in [1.54, 1.807) is 7.11 Å². The number of nitriles is 1. The maximum Gasteiger partial charge on any atom is 0.174 e. The van der Waals surface area contributed by atoms with E-state index in [2.05, 4.69) is 18.7 Å². The summed E-state index contributed by atoms with van der Waals surface area (Å²) >= 11 is 5.76. The molecule has 0 aliphatic carbocycles. The second-order valence-corrected chi connectivity index (χ2v) is 4.28. The summed E-state index contributed by atoms with van der Waals surface area (Å²) in [5.41, 5.74) is 0.616. The number of hydrogen-bond donors (Lipinski definition) is 1. The molecule has 0 radical (unpaired) electrons. The topological polar surface area (TPSA) is 33.0 Å². The van der Waals surface area contributed by atoms with Crippen molar-refractivity contribution in [1.29, 1.82) is 5.26 Å². The van der Waals surface area contributed by atoms with Crippen molar-refractivity contribution in [1.82, 2.24) is 0 Å². The van der Waals surface area contributed by atoms with Gasteiger partial charge in [-0.25, -0.2) is 0 Å². The summed E-state index contributed by atoms with van der Waals surface area (Å²) in [5.74, 6) is 0. The SMILES string of the molecule is COc1cc2c(C#N)c(S)ccc2s1. The van der Waals surface area contributed by atoms with Gasteiger partial charge in [-0.15, -0.1) is 12.6 Å². The summed E-state index contributed by atoms with van der Waals surface area (Å²) in [6, 6.07) is 7.81. The van der Waals surface area contributed by atoms with Gasteiger partial charge in [0.15, 0.2) is 5.06 Å². The lowest BCUT2D eigenvalue weighted by Gasteiger charge is -1.95. The van der Waals surface area contributed by atoms with Crippen molar-refractivity contribution in [3.63, 3.8) is 0 Å². The van der Waals surface area contributed by atoms with Crippen LogP contribution in [0.1, 0.15) is 5.56 Å². The molecule has 0 aliphatic rings. The molecule has 1 aromatic heterocycles. The maximum absolute atomic E-state index is 8.96. The number of ether oxygens (including phenoxy) is 1. The van der Waals surface area contributed by atoms with Crippen molar-refractivity contribution in [2.24, 2.45) is 0 Å². The van der Waals surface area contributed by atoms with E-state index in [-0.39, 0.29) is 0 Å². The number of thiol groups is 1. The average Bonchev–Trinajstić information content (AvgIpc) is 2.60. The number of nitrogens with zero attached hydrogens (tertiary/aromatic N) is 1. The fraction of sp³-hybridized carbons (Fsp3) is 0.100. The molecule has 0 aliphatic heterocycles. The van der Waals surface area contributed by atoms with Crippen LogP contribution in [0.4, 0.5) is 0 Å². The van der Waals surface area contributed by atoms with E-state index in [4.69, 9.17) is 10.00 Å². The number of fused-ring (bicyclic) bond motifs is 1. The fourth-order valence-corrected chi connectivity index (χ4v) is 2.42. The molecule has 2 nitrogen and oxygen atoms in total. The van der Waals surface area contributed by atoms with Crippen LogP contribution in [-0.2, 0) is 0 Å². The summed E-state index contributed by atoms with van der Waals surface area (Å²) in [5, 5.41) is 10.7. The summed E-state index contributed by atoms with van der Waals surface area (Å²) in [6.07, 6.45) is 0. The van der Waals surface area contributed by atoms with Crippen LogP contribution in [0.15, 0.2) is 23.1 Å². The van der Waals surface area contributed by atoms with E-state index in [0.29, 0.717) is 10.5 Å². The second kappa shape index (κ2) is 3.52. The van der Waals surface area contributed by atoms with E-state index < -0.39 is 0 Å². The van der Waals surface area contributed by atoms with Gasteiger partial charge in [-0.1, -0.05) is 11.3 Å². The number of hydrogen-bond acceptors (Lipinski definition) is 4. The zero-order valence-electron chi connectivity index (χ0n) is 7.44. The van der Waals surface area contributed by atoms with Crippen LogP contribution in [0.25, 0.3) is 10.1 Å². The van der Waals surface area contributed by atoms with Crippen molar-refractivity contribution in [3.05, 3.63) is 23.8 Å². The molecule has 14 heavy (non-hydrogen) atoms. The fourth-order valence-electron chi connectivity index (χ4n) is 1.29. The van der Waals surface area contributed by atoms with Crippen LogP contribution in [0.3, 0.4) is 0 Å². The smallest absolute Gasteiger partial charge is 0.174 e. The van der Waals surface area contributed by atoms with Crippen molar-refractivity contribution in [3.8, 4) is 11.1 Å². The molecule has 4 heteroatoms. The number of benzene rings is 1. The molecule has 2 aromatic rings. The normalized spacial score (nSPS) is 10.1. The van der Waals surface area contributed by atoms with Crippen LogP contribution in [0.5, 0.6) is 5.06 Å². The van der Waals surface area contributed by atoms with Crippen molar-refractivity contribution in [2.75, 3.05) is 7.11 Å². The van der Waals surface area contributed by atoms with Gasteiger partial charge in [-0.05, 0) is 12.1 Å². The zero-order valence-corrected chi connectivity index (χ0v) is 9.15. The van der Waals surface area contributed by atoms with Gasteiger partial charge in [-0.3, -0.25) is 0 Å². The molecule has 70 valence electrons. The van der Waals surface area contributed by atoms with E-state index in [0.717, 1.165) is 15.1 Å². The molecule has 0 fully saturated rings. The molecular formula is C10H7NOS2. The lowest BCUT2D eigenvalue weighted by molar-refractivity contribution is 0.427. The lowest BCUT2D eigenvalue weighted by Crippen LogP contribution is -1.78. The van der Waals surface area contributed by atoms with E-state index in [1.165, 1.54) is 11.3 Å². The minimum atomic E-state index is 0.616. The Balaban J connectivity index is 2.81. The first-order chi connectivity index (χ1) is 6.76. The zero-order chi connectivity index (χ0) is 10.1. The quantitative estimate of drug-likeness (QED) is 0.751. The first kappa shape index (κ1) is 9.38. The molecule has 0 saturated carbocycles. The van der Waals surface area contributed by atoms with Gasteiger partial charge < -0.3 is 4.74 Å². The lowest BCUT2D eigenvalue weighted by atomic mass is 10.1. The van der Waals surface area contributed by atoms with E-state index >= 15 is 0 Å². The van der Waals surface area contributed by atoms with Gasteiger partial charge in [0.25, 0.3) is 0 Å². The van der Waals surface area contributed by atoms with Crippen LogP contribution in [-0.4, -0.2) is 7.11 Å². The molecule has 0 spiro atoms. The van der Waals surface area contributed by atoms with Crippen molar-refractivity contribution >= 4 is 34.1 Å². The van der Waals surface area contributed by atoms with Gasteiger partial charge in [0, 0.05) is 21.0 Å². The summed E-state index contributed by atoms with van der Waals surface area (Å²) in [7, 11) is 1.62. The molecule has 1 aromatic carbocycles. The highest BCUT2D eigenvalue weighted by Crippen LogP contribution is 2.35. The molecule has 0 N–H and O–H groups in total. The Morgan fingerprint density at radius 3 is 2.93 bits per heavy atom. The van der Waals surface area contributed by atoms with Gasteiger partial charge in [0.2, 0.25) is 0 Å². The molecule has 0 amide bonds. The molecule has 1 heterocycles. The minimum absolute atomic E-state index is 0.616. The number of methoxy groups -OCH3 is 1. The summed E-state index contributed by atoms with van der Waals surface area (Å²) in [6.45, 7) is 0. The van der Waals surface area contributed by atoms with Gasteiger partial charge in [0.1, 0.15) is 6.07 Å². The van der Waals surface area contributed by atoms with Gasteiger partial charge in [0.05, 0.1) is 12.7 Å². The Bertz CT molecular complexity index is 525. The molecule has 2 rings (SSSR count). The van der Waals surface area contributed by atoms with Crippen LogP contribution >= 0.6 is 24.0 Å². The highest BCUT2D eigenvalue weighted by molar-refractivity contribution is 7.80. The molecule has 0 unspecified atom stereocenters. The van der Waals surface area contributed by atoms with Crippen LogP contribution < -0.4 is 4.74 Å². The van der Waals surface area contributed by atoms with Crippen molar-refractivity contribution < 1.29 is 4.74 Å². The molecular weight excluding hydrogens is 214 g/mol. The Hall–Kier alpha value is -1.18. The summed E-state index contributed by atoms with van der Waals surface area (Å²) in [4.78, 5) is 0.709. The third-order valence-electron chi connectivity index (χ3n) is 1.97. The Morgan fingerprint density at radius 2 is 2.29 bits per heavy atom. The number of rotatable bonds is 1. The monoisotopic (exact) mass is 221 g/mol. The van der Waals surface area contributed by atoms with E-state index in [1.807, 2.05) is 18.2 Å². The molecule has 0 bridgehead atoms.